The predicted molar refractivity (Wildman–Crippen MR) is 67.6 cm³/mol. The summed E-state index contributed by atoms with van der Waals surface area (Å²) in [5.74, 6) is 1.04. The Morgan fingerprint density at radius 3 is 2.87 bits per heavy atom. The van der Waals surface area contributed by atoms with Gasteiger partial charge in [-0.15, -0.1) is 11.3 Å². The topological polar surface area (TPSA) is 12.0 Å². The van der Waals surface area contributed by atoms with Crippen LogP contribution in [0.2, 0.25) is 0 Å². The molecule has 84 valence electrons. The van der Waals surface area contributed by atoms with Crippen LogP contribution in [-0.2, 0) is 5.41 Å². The average Bonchev–Trinajstić information content (AvgIpc) is 2.83. The van der Waals surface area contributed by atoms with E-state index in [-0.39, 0.29) is 5.41 Å². The van der Waals surface area contributed by atoms with E-state index in [0.717, 1.165) is 12.5 Å². The zero-order valence-corrected chi connectivity index (χ0v) is 10.6. The summed E-state index contributed by atoms with van der Waals surface area (Å²) < 4.78 is 0. The SMILES string of the molecule is CC(C)(CNCCC1CC1)c1cccs1. The van der Waals surface area contributed by atoms with Crippen molar-refractivity contribution in [2.45, 2.75) is 38.5 Å². The molecule has 2 rings (SSSR count). The van der Waals surface area contributed by atoms with Crippen LogP contribution < -0.4 is 5.32 Å². The monoisotopic (exact) mass is 223 g/mol. The van der Waals surface area contributed by atoms with Crippen LogP contribution in [0.15, 0.2) is 17.5 Å². The molecule has 0 aliphatic heterocycles. The van der Waals surface area contributed by atoms with Crippen molar-refractivity contribution in [1.82, 2.24) is 5.32 Å². The lowest BCUT2D eigenvalue weighted by atomic mass is 9.91. The predicted octanol–water partition coefficient (Wildman–Crippen LogP) is 3.42. The van der Waals surface area contributed by atoms with Gasteiger partial charge in [0.2, 0.25) is 0 Å². The fourth-order valence-corrected chi connectivity index (χ4v) is 2.72. The second kappa shape index (κ2) is 4.67. The van der Waals surface area contributed by atoms with Crippen molar-refractivity contribution in [2.24, 2.45) is 5.92 Å². The molecule has 0 aromatic carbocycles. The summed E-state index contributed by atoms with van der Waals surface area (Å²) in [6.45, 7) is 6.94. The summed E-state index contributed by atoms with van der Waals surface area (Å²) in [6, 6.07) is 4.39. The summed E-state index contributed by atoms with van der Waals surface area (Å²) in [6.07, 6.45) is 4.31. The van der Waals surface area contributed by atoms with E-state index < -0.39 is 0 Å². The van der Waals surface area contributed by atoms with E-state index in [1.165, 1.54) is 30.7 Å². The van der Waals surface area contributed by atoms with Gasteiger partial charge in [0.25, 0.3) is 0 Å². The standard InChI is InChI=1S/C13H21NS/c1-13(2,12-4-3-9-15-12)10-14-8-7-11-5-6-11/h3-4,9,11,14H,5-8,10H2,1-2H3. The van der Waals surface area contributed by atoms with E-state index in [0.29, 0.717) is 0 Å². The Morgan fingerprint density at radius 1 is 1.47 bits per heavy atom. The molecule has 0 radical (unpaired) electrons. The second-order valence-electron chi connectivity index (χ2n) is 5.27. The first-order chi connectivity index (χ1) is 7.18. The molecule has 0 bridgehead atoms. The Balaban J connectivity index is 1.72. The summed E-state index contributed by atoms with van der Waals surface area (Å²) in [5.41, 5.74) is 0.289. The van der Waals surface area contributed by atoms with E-state index in [2.05, 4.69) is 36.7 Å². The number of rotatable bonds is 6. The molecule has 1 saturated carbocycles. The van der Waals surface area contributed by atoms with Crippen LogP contribution in [0.5, 0.6) is 0 Å². The maximum absolute atomic E-state index is 3.59. The fourth-order valence-electron chi connectivity index (χ4n) is 1.86. The lowest BCUT2D eigenvalue weighted by Gasteiger charge is -2.23. The van der Waals surface area contributed by atoms with Crippen molar-refractivity contribution in [3.05, 3.63) is 22.4 Å². The van der Waals surface area contributed by atoms with E-state index in [1.807, 2.05) is 11.3 Å². The van der Waals surface area contributed by atoms with E-state index >= 15 is 0 Å². The lowest BCUT2D eigenvalue weighted by Crippen LogP contribution is -2.32. The number of nitrogens with one attached hydrogen (secondary N) is 1. The molecule has 2 heteroatoms. The van der Waals surface area contributed by atoms with Gasteiger partial charge in [0, 0.05) is 16.8 Å². The second-order valence-corrected chi connectivity index (χ2v) is 6.22. The minimum atomic E-state index is 0.289. The van der Waals surface area contributed by atoms with Crippen molar-refractivity contribution in [3.63, 3.8) is 0 Å². The van der Waals surface area contributed by atoms with Crippen molar-refractivity contribution in [3.8, 4) is 0 Å². The summed E-state index contributed by atoms with van der Waals surface area (Å²) in [4.78, 5) is 1.49. The molecule has 0 spiro atoms. The maximum atomic E-state index is 3.59. The zero-order valence-electron chi connectivity index (χ0n) is 9.75. The largest absolute Gasteiger partial charge is 0.316 e. The van der Waals surface area contributed by atoms with Gasteiger partial charge in [-0.25, -0.2) is 0 Å². The number of thiophene rings is 1. The van der Waals surface area contributed by atoms with Crippen LogP contribution in [0.1, 0.15) is 38.0 Å². The van der Waals surface area contributed by atoms with E-state index in [4.69, 9.17) is 0 Å². The minimum absolute atomic E-state index is 0.289. The highest BCUT2D eigenvalue weighted by molar-refractivity contribution is 7.10. The molecule has 1 N–H and O–H groups in total. The van der Waals surface area contributed by atoms with Gasteiger partial charge in [-0.05, 0) is 30.3 Å². The molecule has 0 atom stereocenters. The van der Waals surface area contributed by atoms with Crippen LogP contribution in [-0.4, -0.2) is 13.1 Å². The van der Waals surface area contributed by atoms with Gasteiger partial charge in [-0.3, -0.25) is 0 Å². The van der Waals surface area contributed by atoms with Gasteiger partial charge in [0.15, 0.2) is 0 Å². The smallest absolute Gasteiger partial charge is 0.0115 e. The third kappa shape index (κ3) is 3.32. The Morgan fingerprint density at radius 2 is 2.27 bits per heavy atom. The highest BCUT2D eigenvalue weighted by Crippen LogP contribution is 2.32. The first kappa shape index (κ1) is 11.2. The van der Waals surface area contributed by atoms with Crippen LogP contribution in [0.3, 0.4) is 0 Å². The molecule has 1 aliphatic rings. The molecule has 15 heavy (non-hydrogen) atoms. The highest BCUT2D eigenvalue weighted by Gasteiger charge is 2.23. The van der Waals surface area contributed by atoms with Crippen molar-refractivity contribution < 1.29 is 0 Å². The Hall–Kier alpha value is -0.340. The van der Waals surface area contributed by atoms with Gasteiger partial charge in [0.1, 0.15) is 0 Å². The van der Waals surface area contributed by atoms with Gasteiger partial charge in [0.05, 0.1) is 0 Å². The van der Waals surface area contributed by atoms with Crippen LogP contribution >= 0.6 is 11.3 Å². The minimum Gasteiger partial charge on any atom is -0.316 e. The Labute approximate surface area is 96.9 Å². The van der Waals surface area contributed by atoms with Gasteiger partial charge >= 0.3 is 0 Å². The van der Waals surface area contributed by atoms with Gasteiger partial charge < -0.3 is 5.32 Å². The number of hydrogen-bond acceptors (Lipinski definition) is 2. The van der Waals surface area contributed by atoms with Crippen molar-refractivity contribution in [1.29, 1.82) is 0 Å². The first-order valence-electron chi connectivity index (χ1n) is 5.93. The zero-order chi connectivity index (χ0) is 10.7. The molecule has 0 unspecified atom stereocenters. The normalized spacial score (nSPS) is 16.9. The first-order valence-corrected chi connectivity index (χ1v) is 6.81. The van der Waals surface area contributed by atoms with E-state index in [9.17, 15) is 0 Å². The van der Waals surface area contributed by atoms with Crippen LogP contribution in [0.4, 0.5) is 0 Å². The summed E-state index contributed by atoms with van der Waals surface area (Å²) in [7, 11) is 0. The average molecular weight is 223 g/mol. The summed E-state index contributed by atoms with van der Waals surface area (Å²) >= 11 is 1.87. The Bertz CT molecular complexity index is 285. The molecule has 1 fully saturated rings. The molecule has 1 heterocycles. The van der Waals surface area contributed by atoms with Crippen molar-refractivity contribution in [2.75, 3.05) is 13.1 Å². The maximum Gasteiger partial charge on any atom is 0.0115 e. The van der Waals surface area contributed by atoms with Crippen molar-refractivity contribution >= 4 is 11.3 Å². The molecular formula is C13H21NS. The molecule has 1 aliphatic carbocycles. The molecule has 1 aromatic rings. The molecule has 1 aromatic heterocycles. The van der Waals surface area contributed by atoms with E-state index in [1.54, 1.807) is 0 Å². The third-order valence-corrected chi connectivity index (χ3v) is 4.42. The molecule has 0 saturated heterocycles. The highest BCUT2D eigenvalue weighted by atomic mass is 32.1. The summed E-state index contributed by atoms with van der Waals surface area (Å²) in [5, 5.41) is 5.76. The van der Waals surface area contributed by atoms with Crippen LogP contribution in [0.25, 0.3) is 0 Å². The van der Waals surface area contributed by atoms with Gasteiger partial charge in [-0.2, -0.15) is 0 Å². The molecule has 0 amide bonds. The fraction of sp³-hybridized carbons (Fsp3) is 0.692. The Kier molecular flexibility index (Phi) is 3.47. The van der Waals surface area contributed by atoms with Gasteiger partial charge in [-0.1, -0.05) is 32.8 Å². The third-order valence-electron chi connectivity index (χ3n) is 3.18. The number of hydrogen-bond donors (Lipinski definition) is 1. The molecular weight excluding hydrogens is 202 g/mol. The van der Waals surface area contributed by atoms with Crippen LogP contribution in [0, 0.1) is 5.92 Å². The quantitative estimate of drug-likeness (QED) is 0.729. The lowest BCUT2D eigenvalue weighted by molar-refractivity contribution is 0.468. The molecule has 1 nitrogen and oxygen atoms in total.